The molecule has 0 bridgehead atoms. The number of rotatable bonds is 8. The molecule has 2 atom stereocenters. The number of nitrogens with zero attached hydrogens (tertiary/aromatic N) is 2. The summed E-state index contributed by atoms with van der Waals surface area (Å²) in [5.74, 6) is -2.10. The number of sulfonamides is 1. The van der Waals surface area contributed by atoms with Crippen LogP contribution in [-0.4, -0.2) is 81.0 Å². The van der Waals surface area contributed by atoms with Gasteiger partial charge in [-0.05, 0) is 73.2 Å². The number of halogens is 2. The minimum atomic E-state index is -3.58. The summed E-state index contributed by atoms with van der Waals surface area (Å²) >= 11 is 0. The Morgan fingerprint density at radius 1 is 0.625 bits per heavy atom. The quantitative estimate of drug-likeness (QED) is 0.230. The molecule has 12 nitrogen and oxygen atoms in total. The number of nitrogens with one attached hydrogen (secondary N) is 1. The van der Waals surface area contributed by atoms with Crippen molar-refractivity contribution in [2.45, 2.75) is 62.4 Å². The lowest BCUT2D eigenvalue weighted by atomic mass is 10.0. The SMILES string of the molecule is C.C.CS(=O)(=O)NC1CCCN(c2ccc(-c3ccccc3S(C)(=O)=O)cc2F)C1=O.CS(=O)(=O)c1ccccc1-c1ccc(N2CCCC(N)C2=O)c(F)c1. The first-order valence-electron chi connectivity index (χ1n) is 16.8. The van der Waals surface area contributed by atoms with Crippen molar-refractivity contribution in [3.63, 3.8) is 0 Å². The number of hydrogen-bond acceptors (Lipinski definition) is 9. The molecule has 2 aliphatic heterocycles. The number of piperidine rings is 2. The fraction of sp³-hybridized carbons (Fsp3) is 0.333. The molecule has 2 unspecified atom stereocenters. The molecular weight excluding hydrogens is 787 g/mol. The Hall–Kier alpha value is -4.55. The summed E-state index contributed by atoms with van der Waals surface area (Å²) in [6.45, 7) is 0.680. The van der Waals surface area contributed by atoms with E-state index in [4.69, 9.17) is 5.73 Å². The predicted octanol–water partition coefficient (Wildman–Crippen LogP) is 5.56. The van der Waals surface area contributed by atoms with Crippen molar-refractivity contribution in [2.24, 2.45) is 5.73 Å². The van der Waals surface area contributed by atoms with Crippen molar-refractivity contribution in [3.8, 4) is 22.3 Å². The Morgan fingerprint density at radius 3 is 1.45 bits per heavy atom. The molecule has 304 valence electrons. The number of amides is 2. The Kier molecular flexibility index (Phi) is 14.9. The minimum absolute atomic E-state index is 0. The molecule has 0 aliphatic carbocycles. The molecule has 2 fully saturated rings. The van der Waals surface area contributed by atoms with Crippen molar-refractivity contribution in [1.82, 2.24) is 4.72 Å². The van der Waals surface area contributed by atoms with Gasteiger partial charge in [0.1, 0.15) is 17.7 Å². The van der Waals surface area contributed by atoms with E-state index in [1.807, 2.05) is 0 Å². The van der Waals surface area contributed by atoms with Crippen molar-refractivity contribution in [2.75, 3.05) is 41.7 Å². The van der Waals surface area contributed by atoms with Gasteiger partial charge in [-0.3, -0.25) is 9.59 Å². The van der Waals surface area contributed by atoms with Crippen molar-refractivity contribution >= 4 is 52.9 Å². The molecule has 0 saturated carbocycles. The molecule has 2 amide bonds. The van der Waals surface area contributed by atoms with Crippen LogP contribution in [-0.2, 0) is 39.3 Å². The molecule has 0 radical (unpaired) electrons. The number of sulfone groups is 2. The predicted molar refractivity (Wildman–Crippen MR) is 216 cm³/mol. The van der Waals surface area contributed by atoms with Gasteiger partial charge in [0.25, 0.3) is 0 Å². The fourth-order valence-electron chi connectivity index (χ4n) is 6.47. The highest BCUT2D eigenvalue weighted by molar-refractivity contribution is 7.91. The number of carbonyl (C=O) groups is 2. The van der Waals surface area contributed by atoms with Gasteiger partial charge in [-0.15, -0.1) is 0 Å². The molecule has 4 aromatic carbocycles. The van der Waals surface area contributed by atoms with Crippen LogP contribution in [0.3, 0.4) is 0 Å². The first kappa shape index (κ1) is 45.8. The second-order valence-corrected chi connectivity index (χ2v) is 18.9. The van der Waals surface area contributed by atoms with Crippen LogP contribution in [0.1, 0.15) is 40.5 Å². The van der Waals surface area contributed by atoms with Crippen LogP contribution in [0.25, 0.3) is 22.3 Å². The standard InChI is InChI=1S/C19H21FN2O5S2.C18H19FN2O3S.2CH4/c1-28(24,25)18-8-4-3-6-14(18)13-9-10-17(15(20)12-13)22-11-5-7-16(19(22)23)21-29(2,26)27;1-25(23,24)17-7-3-2-5-13(17)12-8-9-16(14(19)11-12)21-10-4-6-15(20)18(21)22;;/h3-4,6,8-10,12,16,21H,5,7,11H2,1-2H3;2-3,5,7-9,11,15H,4,6,10,20H2,1H3;2*1H4. The molecule has 3 N–H and O–H groups in total. The zero-order chi connectivity index (χ0) is 39.6. The Labute approximate surface area is 328 Å². The summed E-state index contributed by atoms with van der Waals surface area (Å²) in [6.07, 6.45) is 5.32. The lowest BCUT2D eigenvalue weighted by Gasteiger charge is -2.32. The van der Waals surface area contributed by atoms with Gasteiger partial charge in [0, 0.05) is 36.7 Å². The van der Waals surface area contributed by atoms with Gasteiger partial charge in [0.05, 0.1) is 33.5 Å². The number of benzene rings is 4. The summed E-state index contributed by atoms with van der Waals surface area (Å²) in [6, 6.07) is 19.7. The van der Waals surface area contributed by atoms with Crippen LogP contribution in [0.4, 0.5) is 20.2 Å². The molecule has 0 aromatic heterocycles. The van der Waals surface area contributed by atoms with E-state index in [0.29, 0.717) is 54.5 Å². The number of carbonyl (C=O) groups excluding carboxylic acids is 2. The average molecular weight is 835 g/mol. The van der Waals surface area contributed by atoms with Crippen LogP contribution < -0.4 is 20.3 Å². The van der Waals surface area contributed by atoms with Crippen LogP contribution >= 0.6 is 0 Å². The maximum absolute atomic E-state index is 14.9. The van der Waals surface area contributed by atoms with E-state index in [9.17, 15) is 43.6 Å². The molecule has 6 rings (SSSR count). The van der Waals surface area contributed by atoms with Gasteiger partial charge in [0.15, 0.2) is 19.7 Å². The van der Waals surface area contributed by atoms with Gasteiger partial charge in [-0.25, -0.2) is 38.8 Å². The summed E-state index contributed by atoms with van der Waals surface area (Å²) in [7, 11) is -10.5. The number of anilines is 2. The first-order chi connectivity index (χ1) is 25.3. The zero-order valence-electron chi connectivity index (χ0n) is 29.7. The van der Waals surface area contributed by atoms with Crippen molar-refractivity contribution < 1.29 is 43.6 Å². The molecule has 4 aromatic rings. The monoisotopic (exact) mass is 834 g/mol. The summed E-state index contributed by atoms with van der Waals surface area (Å²) < 4.78 is 103. The van der Waals surface area contributed by atoms with E-state index in [1.54, 1.807) is 48.5 Å². The van der Waals surface area contributed by atoms with E-state index in [1.165, 1.54) is 46.2 Å². The number of hydrogen-bond donors (Lipinski definition) is 2. The van der Waals surface area contributed by atoms with Gasteiger partial charge in [-0.2, -0.15) is 0 Å². The lowest BCUT2D eigenvalue weighted by molar-refractivity contribution is -0.121. The van der Waals surface area contributed by atoms with E-state index in [-0.39, 0.29) is 48.5 Å². The third-order valence-corrected chi connectivity index (χ3v) is 12.0. The number of nitrogens with two attached hydrogens (primary N) is 1. The zero-order valence-corrected chi connectivity index (χ0v) is 32.1. The fourth-order valence-corrected chi connectivity index (χ4v) is 9.03. The van der Waals surface area contributed by atoms with Crippen molar-refractivity contribution in [1.29, 1.82) is 0 Å². The normalized spacial score (nSPS) is 17.6. The highest BCUT2D eigenvalue weighted by atomic mass is 32.2. The second-order valence-electron chi connectivity index (χ2n) is 13.2. The second kappa shape index (κ2) is 18.1. The third-order valence-electron chi connectivity index (χ3n) is 8.95. The largest absolute Gasteiger partial charge is 0.320 e. The first-order valence-corrected chi connectivity index (χ1v) is 22.5. The van der Waals surface area contributed by atoms with Crippen LogP contribution in [0.15, 0.2) is 94.7 Å². The van der Waals surface area contributed by atoms with Gasteiger partial charge < -0.3 is 15.5 Å². The Morgan fingerprint density at radius 2 is 1.04 bits per heavy atom. The third kappa shape index (κ3) is 10.6. The molecule has 0 spiro atoms. The lowest BCUT2D eigenvalue weighted by Crippen LogP contribution is -2.52. The molecule has 56 heavy (non-hydrogen) atoms. The van der Waals surface area contributed by atoms with Crippen LogP contribution in [0, 0.1) is 11.6 Å². The van der Waals surface area contributed by atoms with E-state index in [0.717, 1.165) is 18.8 Å². The molecule has 17 heteroatoms. The minimum Gasteiger partial charge on any atom is -0.320 e. The average Bonchev–Trinajstić information content (AvgIpc) is 3.10. The Balaban J connectivity index is 0.000000293. The molecular formula is C39H48F2N4O8S3. The van der Waals surface area contributed by atoms with Crippen molar-refractivity contribution in [3.05, 3.63) is 96.6 Å². The molecule has 2 aliphatic rings. The van der Waals surface area contributed by atoms with E-state index in [2.05, 4.69) is 4.72 Å². The summed E-state index contributed by atoms with van der Waals surface area (Å²) in [5, 5.41) is 0. The van der Waals surface area contributed by atoms with Crippen LogP contribution in [0.5, 0.6) is 0 Å². The van der Waals surface area contributed by atoms with Gasteiger partial charge in [0.2, 0.25) is 21.8 Å². The van der Waals surface area contributed by atoms with Gasteiger partial charge in [-0.1, -0.05) is 63.4 Å². The van der Waals surface area contributed by atoms with E-state index < -0.39 is 59.3 Å². The summed E-state index contributed by atoms with van der Waals surface area (Å²) in [5.41, 5.74) is 7.55. The molecule has 2 heterocycles. The van der Waals surface area contributed by atoms with Crippen LogP contribution in [0.2, 0.25) is 0 Å². The topological polar surface area (TPSA) is 181 Å². The molecule has 2 saturated heterocycles. The Bertz CT molecular complexity index is 2430. The maximum Gasteiger partial charge on any atom is 0.245 e. The maximum atomic E-state index is 14.9. The smallest absolute Gasteiger partial charge is 0.245 e. The van der Waals surface area contributed by atoms with Gasteiger partial charge >= 0.3 is 0 Å². The van der Waals surface area contributed by atoms with E-state index >= 15 is 0 Å². The highest BCUT2D eigenvalue weighted by Gasteiger charge is 2.33. The highest BCUT2D eigenvalue weighted by Crippen LogP contribution is 2.34. The summed E-state index contributed by atoms with van der Waals surface area (Å²) in [4.78, 5) is 27.6.